The molecule has 6 N–H and O–H groups in total. The molecule has 5 atom stereocenters. The van der Waals surface area contributed by atoms with Crippen LogP contribution in [0.1, 0.15) is 98.0 Å². The van der Waals surface area contributed by atoms with Gasteiger partial charge in [0.05, 0.1) is 6.04 Å². The molecule has 12 nitrogen and oxygen atoms in total. The van der Waals surface area contributed by atoms with Crippen LogP contribution in [0.5, 0.6) is 0 Å². The van der Waals surface area contributed by atoms with Crippen LogP contribution in [0.25, 0.3) is 0 Å². The number of amides is 6. The van der Waals surface area contributed by atoms with Gasteiger partial charge in [0.1, 0.15) is 18.1 Å². The molecule has 0 bridgehead atoms. The van der Waals surface area contributed by atoms with Crippen LogP contribution in [0.2, 0.25) is 0 Å². The molecule has 3 fully saturated rings. The van der Waals surface area contributed by atoms with Crippen molar-refractivity contribution in [2.45, 2.75) is 123 Å². The van der Waals surface area contributed by atoms with E-state index in [1.54, 1.807) is 0 Å². The van der Waals surface area contributed by atoms with Gasteiger partial charge < -0.3 is 31.9 Å². The summed E-state index contributed by atoms with van der Waals surface area (Å²) in [5.74, 6) is -3.11. The van der Waals surface area contributed by atoms with E-state index in [1.807, 2.05) is 65.0 Å². The zero-order valence-electron chi connectivity index (χ0n) is 29.8. The molecule has 2 aliphatic carbocycles. The number of nitrogens with one attached hydrogen (secondary N) is 4. The number of urea groups is 1. The Hall–Kier alpha value is -3.96. The number of nitrogens with zero attached hydrogens (tertiary/aromatic N) is 1. The Kier molecular flexibility index (Phi) is 12.8. The standard InChI is InChI=1S/C37H56N6O6/c1-22(2)26-18-19-43(29(26)34(47)40-27(30(44)32(38)45)20-23-14-11-15-23)35(48)31(37(3,4)5)42-36(49)41-28(25-16-9-10-17-25)33(46)39-21-24-12-7-6-8-13-24/h6-8,12-13,22-23,25-29,31H,9-11,14-21H2,1-5H3,(H2,38,45)(H,39,46)(H,40,47)(H2,41,42,49)/t26-,27?,28+,29+,31-/m1/s1. The Morgan fingerprint density at radius 3 is 2.08 bits per heavy atom. The lowest BCUT2D eigenvalue weighted by molar-refractivity contribution is -0.144. The van der Waals surface area contributed by atoms with Gasteiger partial charge in [0.25, 0.3) is 5.91 Å². The topological polar surface area (TPSA) is 180 Å². The average molecular weight is 681 g/mol. The first-order chi connectivity index (χ1) is 23.2. The number of likely N-dealkylation sites (tertiary alicyclic amines) is 1. The van der Waals surface area contributed by atoms with Crippen LogP contribution in [0.4, 0.5) is 4.79 Å². The summed E-state index contributed by atoms with van der Waals surface area (Å²) in [5.41, 5.74) is 5.54. The fourth-order valence-corrected chi connectivity index (χ4v) is 7.53. The number of hydrogen-bond acceptors (Lipinski definition) is 6. The van der Waals surface area contributed by atoms with Gasteiger partial charge in [-0.15, -0.1) is 0 Å². The molecule has 1 saturated heterocycles. The normalized spacial score (nSPS) is 21.7. The molecule has 0 radical (unpaired) electrons. The van der Waals surface area contributed by atoms with E-state index in [0.29, 0.717) is 25.9 Å². The van der Waals surface area contributed by atoms with Crippen molar-refractivity contribution >= 4 is 35.4 Å². The van der Waals surface area contributed by atoms with E-state index in [9.17, 15) is 28.8 Å². The Morgan fingerprint density at radius 1 is 0.878 bits per heavy atom. The molecule has 0 aromatic heterocycles. The van der Waals surface area contributed by atoms with Gasteiger partial charge in [0.2, 0.25) is 23.5 Å². The van der Waals surface area contributed by atoms with E-state index in [1.165, 1.54) is 4.90 Å². The quantitative estimate of drug-likeness (QED) is 0.188. The minimum absolute atomic E-state index is 0.0280. The van der Waals surface area contributed by atoms with E-state index < -0.39 is 59.1 Å². The molecule has 12 heteroatoms. The first kappa shape index (κ1) is 37.9. The highest BCUT2D eigenvalue weighted by Crippen LogP contribution is 2.35. The predicted octanol–water partition coefficient (Wildman–Crippen LogP) is 3.18. The first-order valence-electron chi connectivity index (χ1n) is 18.0. The number of nitrogens with two attached hydrogens (primary N) is 1. The third kappa shape index (κ3) is 9.82. The third-order valence-corrected chi connectivity index (χ3v) is 10.7. The maximum Gasteiger partial charge on any atom is 0.316 e. The fourth-order valence-electron chi connectivity index (χ4n) is 7.53. The minimum atomic E-state index is -1.10. The summed E-state index contributed by atoms with van der Waals surface area (Å²) >= 11 is 0. The lowest BCUT2D eigenvalue weighted by atomic mass is 9.80. The second kappa shape index (κ2) is 16.6. The zero-order valence-corrected chi connectivity index (χ0v) is 29.8. The van der Waals surface area contributed by atoms with Crippen LogP contribution in [-0.2, 0) is 30.5 Å². The maximum absolute atomic E-state index is 14.4. The van der Waals surface area contributed by atoms with Gasteiger partial charge in [-0.3, -0.25) is 24.0 Å². The van der Waals surface area contributed by atoms with Crippen molar-refractivity contribution in [3.8, 4) is 0 Å². The van der Waals surface area contributed by atoms with E-state index in [-0.39, 0.29) is 29.6 Å². The number of carbonyl (C=O) groups excluding carboxylic acids is 6. The number of rotatable bonds is 14. The van der Waals surface area contributed by atoms with Crippen LogP contribution in [0.15, 0.2) is 30.3 Å². The number of primary amides is 1. The molecule has 6 amide bonds. The van der Waals surface area contributed by atoms with Crippen molar-refractivity contribution in [2.75, 3.05) is 6.54 Å². The SMILES string of the molecule is CC(C)[C@H]1CCN(C(=O)[C@@H](NC(=O)N[C@H](C(=O)NCc2ccccc2)C2CCCC2)C(C)(C)C)[C@@H]1C(=O)NC(CC1CCC1)C(=O)C(N)=O. The highest BCUT2D eigenvalue weighted by atomic mass is 16.2. The smallest absolute Gasteiger partial charge is 0.316 e. The van der Waals surface area contributed by atoms with Crippen LogP contribution in [0.3, 0.4) is 0 Å². The predicted molar refractivity (Wildman–Crippen MR) is 185 cm³/mol. The molecule has 0 spiro atoms. The van der Waals surface area contributed by atoms with Crippen LogP contribution in [0, 0.1) is 29.1 Å². The summed E-state index contributed by atoms with van der Waals surface area (Å²) in [6.07, 6.45) is 7.32. The van der Waals surface area contributed by atoms with Gasteiger partial charge in [0, 0.05) is 13.1 Å². The van der Waals surface area contributed by atoms with Crippen molar-refractivity contribution in [3.05, 3.63) is 35.9 Å². The molecule has 1 aliphatic heterocycles. The number of ketones is 1. The molecule has 1 aromatic carbocycles. The number of hydrogen-bond donors (Lipinski definition) is 5. The number of benzene rings is 1. The molecular weight excluding hydrogens is 624 g/mol. The molecule has 1 unspecified atom stereocenters. The first-order valence-corrected chi connectivity index (χ1v) is 18.0. The fraction of sp³-hybridized carbons (Fsp3) is 0.676. The highest BCUT2D eigenvalue weighted by Gasteiger charge is 2.48. The molecule has 1 aromatic rings. The third-order valence-electron chi connectivity index (χ3n) is 10.7. The lowest BCUT2D eigenvalue weighted by Crippen LogP contribution is -2.62. The molecular formula is C37H56N6O6. The Balaban J connectivity index is 1.50. The van der Waals surface area contributed by atoms with Crippen LogP contribution in [-0.4, -0.2) is 71.1 Å². The second-order valence-electron chi connectivity index (χ2n) is 15.6. The van der Waals surface area contributed by atoms with Crippen molar-refractivity contribution in [2.24, 2.45) is 34.8 Å². The number of Topliss-reactive ketones (excluding diaryl/α,β-unsaturated/α-hetero) is 1. The monoisotopic (exact) mass is 680 g/mol. The van der Waals surface area contributed by atoms with E-state index in [4.69, 9.17) is 5.73 Å². The van der Waals surface area contributed by atoms with Gasteiger partial charge in [-0.2, -0.15) is 0 Å². The maximum atomic E-state index is 14.4. The van der Waals surface area contributed by atoms with Crippen LogP contribution >= 0.6 is 0 Å². The summed E-state index contributed by atoms with van der Waals surface area (Å²) in [6, 6.07) is 5.17. The van der Waals surface area contributed by atoms with E-state index >= 15 is 0 Å². The molecule has 4 rings (SSSR count). The Labute approximate surface area is 290 Å². The Bertz CT molecular complexity index is 1350. The molecule has 49 heavy (non-hydrogen) atoms. The van der Waals surface area contributed by atoms with E-state index in [2.05, 4.69) is 21.3 Å². The van der Waals surface area contributed by atoms with Crippen molar-refractivity contribution in [3.63, 3.8) is 0 Å². The van der Waals surface area contributed by atoms with Crippen molar-refractivity contribution in [1.29, 1.82) is 0 Å². The van der Waals surface area contributed by atoms with Gasteiger partial charge >= 0.3 is 6.03 Å². The Morgan fingerprint density at radius 2 is 1.53 bits per heavy atom. The van der Waals surface area contributed by atoms with Crippen LogP contribution < -0.4 is 27.0 Å². The molecule has 2 saturated carbocycles. The molecule has 1 heterocycles. The summed E-state index contributed by atoms with van der Waals surface area (Å²) in [6.45, 7) is 10.1. The van der Waals surface area contributed by atoms with Gasteiger partial charge in [-0.05, 0) is 60.3 Å². The summed E-state index contributed by atoms with van der Waals surface area (Å²) in [4.78, 5) is 81.6. The zero-order chi connectivity index (χ0) is 35.9. The van der Waals surface area contributed by atoms with Gasteiger partial charge in [0.15, 0.2) is 0 Å². The molecule has 3 aliphatic rings. The minimum Gasteiger partial charge on any atom is -0.363 e. The molecule has 270 valence electrons. The summed E-state index contributed by atoms with van der Waals surface area (Å²) in [7, 11) is 0. The summed E-state index contributed by atoms with van der Waals surface area (Å²) in [5, 5.41) is 11.5. The van der Waals surface area contributed by atoms with Crippen molar-refractivity contribution < 1.29 is 28.8 Å². The van der Waals surface area contributed by atoms with E-state index in [0.717, 1.165) is 50.5 Å². The average Bonchev–Trinajstić information content (AvgIpc) is 3.73. The number of carbonyl (C=O) groups is 6. The van der Waals surface area contributed by atoms with Crippen molar-refractivity contribution in [1.82, 2.24) is 26.2 Å². The summed E-state index contributed by atoms with van der Waals surface area (Å²) < 4.78 is 0. The van der Waals surface area contributed by atoms with Gasteiger partial charge in [-0.1, -0.05) is 97.1 Å². The van der Waals surface area contributed by atoms with Gasteiger partial charge in [-0.25, -0.2) is 4.79 Å². The second-order valence-corrected chi connectivity index (χ2v) is 15.6. The lowest BCUT2D eigenvalue weighted by Gasteiger charge is -2.37. The highest BCUT2D eigenvalue weighted by molar-refractivity contribution is 6.37. The largest absolute Gasteiger partial charge is 0.363 e.